The maximum absolute atomic E-state index is 14.2. The number of carbonyl (C=O) groups is 3. The first-order valence-electron chi connectivity index (χ1n) is 15.7. The van der Waals surface area contributed by atoms with E-state index in [1.165, 1.54) is 49.8 Å². The van der Waals surface area contributed by atoms with Crippen LogP contribution in [0.3, 0.4) is 0 Å². The molecule has 224 valence electrons. The monoisotopic (exact) mass is 704 g/mol. The Morgan fingerprint density at radius 3 is 1.53 bits per heavy atom. The van der Waals surface area contributed by atoms with Gasteiger partial charge < -0.3 is 5.32 Å². The maximum Gasteiger partial charge on any atom is 0.239 e. The molecule has 1 heterocycles. The van der Waals surface area contributed by atoms with Crippen molar-refractivity contribution in [3.05, 3.63) is 95.1 Å². The predicted octanol–water partition coefficient (Wildman–Crippen LogP) is 8.96. The van der Waals surface area contributed by atoms with E-state index in [4.69, 9.17) is 0 Å². The third-order valence-electron chi connectivity index (χ3n) is 9.50. The van der Waals surface area contributed by atoms with Crippen LogP contribution in [-0.4, -0.2) is 17.7 Å². The Labute approximate surface area is 271 Å². The van der Waals surface area contributed by atoms with Crippen molar-refractivity contribution in [2.75, 3.05) is 10.2 Å². The molecule has 2 bridgehead atoms. The molecule has 3 amide bonds. The minimum absolute atomic E-state index is 0.00962. The number of imide groups is 1. The molecular weight excluding hydrogens is 668 g/mol. The summed E-state index contributed by atoms with van der Waals surface area (Å²) < 4.78 is -1.63. The van der Waals surface area contributed by atoms with E-state index in [1.54, 1.807) is 24.3 Å². The summed E-state index contributed by atoms with van der Waals surface area (Å²) >= 11 is 8.09. The van der Waals surface area contributed by atoms with Gasteiger partial charge >= 0.3 is 0 Å². The van der Waals surface area contributed by atoms with Crippen LogP contribution >= 0.6 is 31.9 Å². The fraction of sp³-hybridized carbons (Fsp3) is 0.417. The summed E-state index contributed by atoms with van der Waals surface area (Å²) in [6.07, 6.45) is 11.4. The number of alkyl halides is 2. The highest BCUT2D eigenvalue weighted by Crippen LogP contribution is 2.70. The smallest absolute Gasteiger partial charge is 0.239 e. The quantitative estimate of drug-likeness (QED) is 0.116. The summed E-state index contributed by atoms with van der Waals surface area (Å²) in [4.78, 5) is 42.3. The normalized spacial score (nSPS) is 25.0. The molecule has 7 heteroatoms. The SMILES string of the molecule is CCCCCCCCCCCC(=O)Nc1ccc(N2C(=O)[C@@H]3[C@H](C2=O)C2(Br)c4ccccc4C3(Br)c3ccccc32)cc1. The van der Waals surface area contributed by atoms with Crippen LogP contribution in [0.5, 0.6) is 0 Å². The molecule has 0 unspecified atom stereocenters. The fourth-order valence-electron chi connectivity index (χ4n) is 7.44. The van der Waals surface area contributed by atoms with Crippen molar-refractivity contribution in [3.63, 3.8) is 0 Å². The molecule has 1 fully saturated rings. The van der Waals surface area contributed by atoms with Gasteiger partial charge in [0.25, 0.3) is 0 Å². The second-order valence-electron chi connectivity index (χ2n) is 12.2. The Morgan fingerprint density at radius 1 is 0.674 bits per heavy atom. The van der Waals surface area contributed by atoms with Crippen LogP contribution in [0.4, 0.5) is 11.4 Å². The fourth-order valence-corrected chi connectivity index (χ4v) is 9.74. The van der Waals surface area contributed by atoms with Crippen molar-refractivity contribution in [1.82, 2.24) is 0 Å². The molecule has 0 aromatic heterocycles. The molecule has 43 heavy (non-hydrogen) atoms. The number of hydrogen-bond acceptors (Lipinski definition) is 3. The summed E-state index contributed by atoms with van der Waals surface area (Å²) in [6, 6.07) is 23.2. The topological polar surface area (TPSA) is 66.5 Å². The minimum Gasteiger partial charge on any atom is -0.326 e. The van der Waals surface area contributed by atoms with Crippen LogP contribution in [0.1, 0.15) is 93.4 Å². The molecule has 2 atom stereocenters. The highest BCUT2D eigenvalue weighted by molar-refractivity contribution is 9.10. The standard InChI is InChI=1S/C36H38Br2N2O3/c1-2-3-4-5-6-7-8-9-10-19-30(41)39-24-20-22-25(23-21-24)40-33(42)31-32(34(40)43)36(38)27-16-12-11-15-26(27)35(31,37)28-17-13-14-18-29(28)36/h11-18,20-23,31-32H,2-10,19H2,1H3,(H,39,41)/t31-,32+,35?,36?. The molecule has 4 aliphatic rings. The molecule has 0 saturated carbocycles. The molecule has 3 aromatic carbocycles. The first kappa shape index (κ1) is 30.3. The minimum atomic E-state index is -0.815. The van der Waals surface area contributed by atoms with Gasteiger partial charge in [0.2, 0.25) is 17.7 Å². The second-order valence-corrected chi connectivity index (χ2v) is 14.7. The van der Waals surface area contributed by atoms with E-state index in [1.807, 2.05) is 24.3 Å². The summed E-state index contributed by atoms with van der Waals surface area (Å²) in [5.74, 6) is -1.67. The number of hydrogen-bond donors (Lipinski definition) is 1. The number of nitrogens with zero attached hydrogens (tertiary/aromatic N) is 1. The van der Waals surface area contributed by atoms with Crippen LogP contribution in [-0.2, 0) is 23.0 Å². The highest BCUT2D eigenvalue weighted by atomic mass is 79.9. The van der Waals surface area contributed by atoms with E-state index < -0.39 is 20.5 Å². The van der Waals surface area contributed by atoms with E-state index >= 15 is 0 Å². The van der Waals surface area contributed by atoms with Crippen LogP contribution in [0, 0.1) is 11.8 Å². The van der Waals surface area contributed by atoms with Gasteiger partial charge in [0, 0.05) is 12.1 Å². The first-order chi connectivity index (χ1) is 20.8. The molecule has 1 saturated heterocycles. The highest BCUT2D eigenvalue weighted by Gasteiger charge is 2.72. The van der Waals surface area contributed by atoms with E-state index in [0.717, 1.165) is 35.1 Å². The van der Waals surface area contributed by atoms with E-state index in [9.17, 15) is 14.4 Å². The Kier molecular flexibility index (Phi) is 8.67. The average molecular weight is 707 g/mol. The molecule has 3 aliphatic carbocycles. The van der Waals surface area contributed by atoms with Crippen molar-refractivity contribution in [3.8, 4) is 0 Å². The number of amides is 3. The Morgan fingerprint density at radius 2 is 1.09 bits per heavy atom. The van der Waals surface area contributed by atoms with Gasteiger partial charge in [-0.05, 0) is 52.9 Å². The van der Waals surface area contributed by atoms with Gasteiger partial charge in [-0.3, -0.25) is 14.4 Å². The zero-order chi connectivity index (χ0) is 30.2. The van der Waals surface area contributed by atoms with Crippen LogP contribution in [0.2, 0.25) is 0 Å². The molecule has 0 spiro atoms. The lowest BCUT2D eigenvalue weighted by Gasteiger charge is -2.55. The van der Waals surface area contributed by atoms with Gasteiger partial charge in [-0.2, -0.15) is 0 Å². The lowest BCUT2D eigenvalue weighted by Crippen LogP contribution is -2.56. The van der Waals surface area contributed by atoms with Gasteiger partial charge in [0.1, 0.15) is 0 Å². The predicted molar refractivity (Wildman–Crippen MR) is 179 cm³/mol. The number of anilines is 2. The third kappa shape index (κ3) is 5.01. The van der Waals surface area contributed by atoms with Gasteiger partial charge in [-0.1, -0.05) is 139 Å². The van der Waals surface area contributed by atoms with Crippen molar-refractivity contribution >= 4 is 61.0 Å². The molecule has 7 rings (SSSR count). The van der Waals surface area contributed by atoms with Crippen LogP contribution in [0.15, 0.2) is 72.8 Å². The molecule has 0 radical (unpaired) electrons. The summed E-state index contributed by atoms with van der Waals surface area (Å²) in [5.41, 5.74) is 5.23. The van der Waals surface area contributed by atoms with Crippen molar-refractivity contribution in [1.29, 1.82) is 0 Å². The number of carbonyl (C=O) groups excluding carboxylic acids is 3. The lowest BCUT2D eigenvalue weighted by molar-refractivity contribution is -0.122. The number of halogens is 2. The second kappa shape index (κ2) is 12.3. The Hall–Kier alpha value is -2.77. The van der Waals surface area contributed by atoms with Crippen molar-refractivity contribution in [2.45, 2.75) is 79.8 Å². The van der Waals surface area contributed by atoms with Crippen LogP contribution in [0.25, 0.3) is 0 Å². The average Bonchev–Trinajstić information content (AvgIpc) is 3.30. The van der Waals surface area contributed by atoms with Crippen molar-refractivity contribution < 1.29 is 14.4 Å². The molecule has 5 nitrogen and oxygen atoms in total. The summed E-state index contributed by atoms with van der Waals surface area (Å²) in [5, 5.41) is 2.97. The lowest BCUT2D eigenvalue weighted by atomic mass is 9.54. The molecular formula is C36H38Br2N2O3. The Balaban J connectivity index is 1.14. The molecule has 3 aromatic rings. The number of nitrogens with one attached hydrogen (secondary N) is 1. The Bertz CT molecular complexity index is 1410. The zero-order valence-electron chi connectivity index (χ0n) is 24.6. The van der Waals surface area contributed by atoms with E-state index in [2.05, 4.69) is 68.4 Å². The summed E-state index contributed by atoms with van der Waals surface area (Å²) in [7, 11) is 0. The molecule has 1 aliphatic heterocycles. The maximum atomic E-state index is 14.2. The largest absolute Gasteiger partial charge is 0.326 e. The van der Waals surface area contributed by atoms with Crippen molar-refractivity contribution in [2.24, 2.45) is 11.8 Å². The van der Waals surface area contributed by atoms with Gasteiger partial charge in [-0.25, -0.2) is 4.90 Å². The third-order valence-corrected chi connectivity index (χ3v) is 12.2. The first-order valence-corrected chi connectivity index (χ1v) is 17.3. The van der Waals surface area contributed by atoms with Gasteiger partial charge in [0.05, 0.1) is 26.2 Å². The number of rotatable bonds is 12. The zero-order valence-corrected chi connectivity index (χ0v) is 27.8. The van der Waals surface area contributed by atoms with E-state index in [-0.39, 0.29) is 17.7 Å². The molecule has 1 N–H and O–H groups in total. The van der Waals surface area contributed by atoms with Gasteiger partial charge in [0.15, 0.2) is 0 Å². The van der Waals surface area contributed by atoms with Gasteiger partial charge in [-0.15, -0.1) is 0 Å². The number of benzene rings is 3. The van der Waals surface area contributed by atoms with Crippen LogP contribution < -0.4 is 10.2 Å². The van der Waals surface area contributed by atoms with E-state index in [0.29, 0.717) is 17.8 Å². The summed E-state index contributed by atoms with van der Waals surface area (Å²) in [6.45, 7) is 2.23. The number of unbranched alkanes of at least 4 members (excludes halogenated alkanes) is 8.